The second-order valence-corrected chi connectivity index (χ2v) is 5.90. The Morgan fingerprint density at radius 1 is 1.44 bits per heavy atom. The molecule has 0 aromatic rings. The molecule has 1 heteroatoms. The molecule has 1 nitrogen and oxygen atoms in total. The van der Waals surface area contributed by atoms with Gasteiger partial charge in [0, 0.05) is 0 Å². The molecule has 1 heterocycles. The number of ether oxygens (including phenoxy) is 1. The topological polar surface area (TPSA) is 9.23 Å². The predicted octanol–water partition coefficient (Wildman–Crippen LogP) is 4.10. The van der Waals surface area contributed by atoms with Crippen LogP contribution in [0.15, 0.2) is 24.3 Å². The molecule has 1 fully saturated rings. The van der Waals surface area contributed by atoms with Crippen LogP contribution in [0.4, 0.5) is 0 Å². The standard InChI is InChI=1S/C15H24O/c1-6-14(5)9-10-15(16-14)12(3)8-7-11(2)13(15)4/h6,8,11,13H,1,7,9-10H2,2-5H3/t11-,13+,14-,15-/m0/s1. The van der Waals surface area contributed by atoms with Gasteiger partial charge >= 0.3 is 0 Å². The molecular weight excluding hydrogens is 196 g/mol. The molecule has 0 unspecified atom stereocenters. The van der Waals surface area contributed by atoms with Crippen LogP contribution in [0.5, 0.6) is 0 Å². The molecule has 2 aliphatic rings. The van der Waals surface area contributed by atoms with Crippen molar-refractivity contribution in [1.29, 1.82) is 0 Å². The zero-order chi connectivity index (χ0) is 12.0. The maximum Gasteiger partial charge on any atom is 0.0929 e. The van der Waals surface area contributed by atoms with Crippen LogP contribution in [-0.2, 0) is 4.74 Å². The first-order valence-electron chi connectivity index (χ1n) is 6.44. The molecular formula is C15H24O. The first-order valence-corrected chi connectivity index (χ1v) is 6.44. The van der Waals surface area contributed by atoms with E-state index in [1.807, 2.05) is 6.08 Å². The lowest BCUT2D eigenvalue weighted by atomic mass is 9.69. The summed E-state index contributed by atoms with van der Waals surface area (Å²) in [6.07, 6.45) is 7.78. The minimum atomic E-state index is -0.125. The fourth-order valence-corrected chi connectivity index (χ4v) is 3.25. The monoisotopic (exact) mass is 220 g/mol. The molecule has 1 saturated heterocycles. The zero-order valence-corrected chi connectivity index (χ0v) is 11.0. The van der Waals surface area contributed by atoms with Gasteiger partial charge in [-0.25, -0.2) is 0 Å². The lowest BCUT2D eigenvalue weighted by molar-refractivity contribution is -0.0924. The van der Waals surface area contributed by atoms with Crippen molar-refractivity contribution in [1.82, 2.24) is 0 Å². The van der Waals surface area contributed by atoms with Crippen LogP contribution in [0.2, 0.25) is 0 Å². The van der Waals surface area contributed by atoms with Crippen molar-refractivity contribution in [2.75, 3.05) is 0 Å². The Kier molecular flexibility index (Phi) is 2.78. The van der Waals surface area contributed by atoms with E-state index < -0.39 is 0 Å². The summed E-state index contributed by atoms with van der Waals surface area (Å²) in [5.74, 6) is 1.33. The highest BCUT2D eigenvalue weighted by atomic mass is 16.5. The number of hydrogen-bond donors (Lipinski definition) is 0. The SMILES string of the molecule is C=C[C@@]1(C)CC[C@]2(O1)C(C)=CC[C@H](C)[C@H]2C. The van der Waals surface area contributed by atoms with E-state index in [1.165, 1.54) is 12.0 Å². The van der Waals surface area contributed by atoms with E-state index in [1.54, 1.807) is 0 Å². The lowest BCUT2D eigenvalue weighted by Crippen LogP contribution is -2.44. The molecule has 16 heavy (non-hydrogen) atoms. The largest absolute Gasteiger partial charge is 0.360 e. The third kappa shape index (κ3) is 1.57. The van der Waals surface area contributed by atoms with Crippen molar-refractivity contribution in [3.63, 3.8) is 0 Å². The van der Waals surface area contributed by atoms with Gasteiger partial charge in [-0.05, 0) is 50.5 Å². The second kappa shape index (κ2) is 3.73. The molecule has 0 aromatic heterocycles. The highest BCUT2D eigenvalue weighted by molar-refractivity contribution is 5.25. The van der Waals surface area contributed by atoms with Gasteiger partial charge in [-0.3, -0.25) is 0 Å². The van der Waals surface area contributed by atoms with Crippen molar-refractivity contribution in [2.24, 2.45) is 11.8 Å². The van der Waals surface area contributed by atoms with E-state index in [0.29, 0.717) is 5.92 Å². The van der Waals surface area contributed by atoms with Crippen LogP contribution in [0.1, 0.15) is 47.0 Å². The van der Waals surface area contributed by atoms with Gasteiger partial charge in [0.05, 0.1) is 11.2 Å². The summed E-state index contributed by atoms with van der Waals surface area (Å²) in [5.41, 5.74) is 1.30. The molecule has 0 saturated carbocycles. The molecule has 0 N–H and O–H groups in total. The maximum absolute atomic E-state index is 6.44. The quantitative estimate of drug-likeness (QED) is 0.604. The van der Waals surface area contributed by atoms with Crippen LogP contribution < -0.4 is 0 Å². The van der Waals surface area contributed by atoms with Gasteiger partial charge in [0.15, 0.2) is 0 Å². The summed E-state index contributed by atoms with van der Waals surface area (Å²) in [7, 11) is 0. The molecule has 0 bridgehead atoms. The average Bonchev–Trinajstić information content (AvgIpc) is 2.63. The molecule has 1 spiro atoms. The summed E-state index contributed by atoms with van der Waals surface area (Å²) in [6.45, 7) is 13.0. The Labute approximate surface area is 99.6 Å². The van der Waals surface area contributed by atoms with E-state index in [9.17, 15) is 0 Å². The summed E-state index contributed by atoms with van der Waals surface area (Å²) in [4.78, 5) is 0. The highest BCUT2D eigenvalue weighted by Crippen LogP contribution is 2.51. The van der Waals surface area contributed by atoms with Crippen molar-refractivity contribution < 1.29 is 4.74 Å². The van der Waals surface area contributed by atoms with Crippen molar-refractivity contribution in [3.05, 3.63) is 24.3 Å². The molecule has 0 amide bonds. The van der Waals surface area contributed by atoms with Crippen molar-refractivity contribution in [3.8, 4) is 0 Å². The van der Waals surface area contributed by atoms with Gasteiger partial charge in [-0.15, -0.1) is 6.58 Å². The molecule has 0 aromatic carbocycles. The van der Waals surface area contributed by atoms with Crippen LogP contribution in [0, 0.1) is 11.8 Å². The summed E-state index contributed by atoms with van der Waals surface area (Å²) >= 11 is 0. The first kappa shape index (κ1) is 11.9. The number of hydrogen-bond acceptors (Lipinski definition) is 1. The minimum absolute atomic E-state index is 0.0133. The number of allylic oxidation sites excluding steroid dienone is 1. The molecule has 1 aliphatic carbocycles. The second-order valence-electron chi connectivity index (χ2n) is 5.90. The smallest absolute Gasteiger partial charge is 0.0929 e. The van der Waals surface area contributed by atoms with Crippen LogP contribution >= 0.6 is 0 Å². The molecule has 1 aliphatic heterocycles. The van der Waals surface area contributed by atoms with E-state index in [4.69, 9.17) is 4.74 Å². The molecule has 90 valence electrons. The van der Waals surface area contributed by atoms with Crippen LogP contribution in [0.25, 0.3) is 0 Å². The third-order valence-corrected chi connectivity index (χ3v) is 4.89. The van der Waals surface area contributed by atoms with Gasteiger partial charge < -0.3 is 4.74 Å². The zero-order valence-electron chi connectivity index (χ0n) is 11.0. The van der Waals surface area contributed by atoms with Crippen molar-refractivity contribution in [2.45, 2.75) is 58.2 Å². The Morgan fingerprint density at radius 3 is 2.69 bits per heavy atom. The summed E-state index contributed by atoms with van der Waals surface area (Å²) in [6, 6.07) is 0. The Morgan fingerprint density at radius 2 is 2.12 bits per heavy atom. The van der Waals surface area contributed by atoms with Gasteiger partial charge in [-0.2, -0.15) is 0 Å². The highest BCUT2D eigenvalue weighted by Gasteiger charge is 2.51. The number of rotatable bonds is 1. The fourth-order valence-electron chi connectivity index (χ4n) is 3.25. The first-order chi connectivity index (χ1) is 7.43. The van der Waals surface area contributed by atoms with Gasteiger partial charge in [0.25, 0.3) is 0 Å². The predicted molar refractivity (Wildman–Crippen MR) is 68.4 cm³/mol. The van der Waals surface area contributed by atoms with Gasteiger partial charge in [-0.1, -0.05) is 26.0 Å². The Hall–Kier alpha value is -0.560. The lowest BCUT2D eigenvalue weighted by Gasteiger charge is -2.44. The molecule has 0 radical (unpaired) electrons. The van der Waals surface area contributed by atoms with Crippen LogP contribution in [-0.4, -0.2) is 11.2 Å². The Balaban J connectivity index is 2.34. The third-order valence-electron chi connectivity index (χ3n) is 4.89. The van der Waals surface area contributed by atoms with Gasteiger partial charge in [0.1, 0.15) is 0 Å². The van der Waals surface area contributed by atoms with E-state index in [-0.39, 0.29) is 11.2 Å². The van der Waals surface area contributed by atoms with Crippen molar-refractivity contribution >= 4 is 0 Å². The van der Waals surface area contributed by atoms with Crippen LogP contribution in [0.3, 0.4) is 0 Å². The maximum atomic E-state index is 6.44. The fraction of sp³-hybridized carbons (Fsp3) is 0.733. The Bertz CT molecular complexity index is 330. The molecule has 4 atom stereocenters. The van der Waals surface area contributed by atoms with E-state index >= 15 is 0 Å². The van der Waals surface area contributed by atoms with E-state index in [0.717, 1.165) is 18.8 Å². The summed E-state index contributed by atoms with van der Waals surface area (Å²) in [5, 5.41) is 0. The normalized spacial score (nSPS) is 48.1. The molecule has 2 rings (SSSR count). The van der Waals surface area contributed by atoms with Gasteiger partial charge in [0.2, 0.25) is 0 Å². The summed E-state index contributed by atoms with van der Waals surface area (Å²) < 4.78 is 6.44. The average molecular weight is 220 g/mol. The van der Waals surface area contributed by atoms with E-state index in [2.05, 4.69) is 40.3 Å². The minimum Gasteiger partial charge on any atom is -0.360 e.